The molecular formula is C13H9N3OS. The summed E-state index contributed by atoms with van der Waals surface area (Å²) in [7, 11) is 0. The molecule has 0 saturated carbocycles. The van der Waals surface area contributed by atoms with Gasteiger partial charge in [-0.3, -0.25) is 9.78 Å². The van der Waals surface area contributed by atoms with E-state index in [4.69, 9.17) is 11.7 Å². The second-order valence-electron chi connectivity index (χ2n) is 3.64. The maximum atomic E-state index is 10.5. The van der Waals surface area contributed by atoms with E-state index in [9.17, 15) is 4.79 Å². The third kappa shape index (κ3) is 1.81. The van der Waals surface area contributed by atoms with Gasteiger partial charge in [0.25, 0.3) is 0 Å². The molecule has 0 spiro atoms. The standard InChI is InChI=1S/C13H9N3OS/c1-3-9-6-18-13-8(2)15-5-10(12(9)13)11(4-14)16-7-17/h1,5-7,11H,2H3,(H,16,17). The Balaban J connectivity index is 2.75. The topological polar surface area (TPSA) is 65.8 Å². The smallest absolute Gasteiger partial charge is 0.208 e. The van der Waals surface area contributed by atoms with Gasteiger partial charge < -0.3 is 5.32 Å². The number of nitriles is 1. The minimum atomic E-state index is -0.736. The molecule has 1 amide bonds. The molecule has 18 heavy (non-hydrogen) atoms. The summed E-state index contributed by atoms with van der Waals surface area (Å²) in [5, 5.41) is 14.2. The minimum absolute atomic E-state index is 0.501. The van der Waals surface area contributed by atoms with E-state index in [2.05, 4.69) is 16.2 Å². The molecule has 4 nitrogen and oxygen atoms in total. The molecule has 0 radical (unpaired) electrons. The predicted octanol–water partition coefficient (Wildman–Crippen LogP) is 1.90. The number of amides is 1. The second-order valence-corrected chi connectivity index (χ2v) is 4.52. The van der Waals surface area contributed by atoms with Gasteiger partial charge in [0.05, 0.1) is 16.5 Å². The van der Waals surface area contributed by atoms with Crippen LogP contribution in [0.2, 0.25) is 0 Å². The Bertz CT molecular complexity index is 691. The maximum Gasteiger partial charge on any atom is 0.208 e. The number of fused-ring (bicyclic) bond motifs is 1. The van der Waals surface area contributed by atoms with Gasteiger partial charge in [0.15, 0.2) is 0 Å². The number of aryl methyl sites for hydroxylation is 1. The van der Waals surface area contributed by atoms with E-state index >= 15 is 0 Å². The van der Waals surface area contributed by atoms with Crippen LogP contribution in [0.15, 0.2) is 11.6 Å². The normalized spacial score (nSPS) is 11.5. The number of carbonyl (C=O) groups excluding carboxylic acids is 1. The number of nitrogens with one attached hydrogen (secondary N) is 1. The van der Waals surface area contributed by atoms with Gasteiger partial charge in [-0.15, -0.1) is 17.8 Å². The number of carbonyl (C=O) groups is 1. The van der Waals surface area contributed by atoms with Gasteiger partial charge in [-0.25, -0.2) is 0 Å². The number of thiophene rings is 1. The lowest BCUT2D eigenvalue weighted by molar-refractivity contribution is -0.109. The van der Waals surface area contributed by atoms with Crippen molar-refractivity contribution in [3.05, 3.63) is 28.4 Å². The van der Waals surface area contributed by atoms with Crippen molar-refractivity contribution in [1.29, 1.82) is 5.26 Å². The molecule has 1 unspecified atom stereocenters. The van der Waals surface area contributed by atoms with Crippen LogP contribution >= 0.6 is 11.3 Å². The summed E-state index contributed by atoms with van der Waals surface area (Å²) >= 11 is 1.49. The number of nitrogens with zero attached hydrogens (tertiary/aromatic N) is 2. The molecule has 0 bridgehead atoms. The molecule has 0 aliphatic heterocycles. The zero-order chi connectivity index (χ0) is 13.1. The van der Waals surface area contributed by atoms with Gasteiger partial charge in [-0.1, -0.05) is 5.92 Å². The number of rotatable bonds is 3. The fourth-order valence-electron chi connectivity index (χ4n) is 1.79. The summed E-state index contributed by atoms with van der Waals surface area (Å²) < 4.78 is 0.952. The molecule has 0 fully saturated rings. The van der Waals surface area contributed by atoms with Crippen molar-refractivity contribution >= 4 is 27.8 Å². The summed E-state index contributed by atoms with van der Waals surface area (Å²) in [6.07, 6.45) is 7.55. The van der Waals surface area contributed by atoms with Crippen molar-refractivity contribution in [2.75, 3.05) is 0 Å². The highest BCUT2D eigenvalue weighted by molar-refractivity contribution is 7.17. The highest BCUT2D eigenvalue weighted by Crippen LogP contribution is 2.32. The molecule has 0 aromatic carbocycles. The highest BCUT2D eigenvalue weighted by Gasteiger charge is 2.18. The first-order valence-corrected chi connectivity index (χ1v) is 6.03. The molecule has 0 saturated heterocycles. The number of aromatic nitrogens is 1. The summed E-state index contributed by atoms with van der Waals surface area (Å²) in [6, 6.07) is 1.29. The van der Waals surface area contributed by atoms with E-state index in [1.165, 1.54) is 11.3 Å². The first-order chi connectivity index (χ1) is 8.72. The van der Waals surface area contributed by atoms with Crippen LogP contribution in [0.3, 0.4) is 0 Å². The van der Waals surface area contributed by atoms with Crippen molar-refractivity contribution < 1.29 is 4.79 Å². The van der Waals surface area contributed by atoms with E-state index in [1.54, 1.807) is 6.20 Å². The summed E-state index contributed by atoms with van der Waals surface area (Å²) in [5.41, 5.74) is 2.23. The van der Waals surface area contributed by atoms with Gasteiger partial charge >= 0.3 is 0 Å². The number of pyridine rings is 1. The molecule has 0 aliphatic rings. The first-order valence-electron chi connectivity index (χ1n) is 5.15. The maximum absolute atomic E-state index is 10.5. The molecular weight excluding hydrogens is 246 g/mol. The highest BCUT2D eigenvalue weighted by atomic mass is 32.1. The molecule has 2 heterocycles. The Labute approximate surface area is 108 Å². The van der Waals surface area contributed by atoms with Crippen molar-refractivity contribution in [3.8, 4) is 18.4 Å². The van der Waals surface area contributed by atoms with E-state index in [0.29, 0.717) is 12.0 Å². The summed E-state index contributed by atoms with van der Waals surface area (Å²) in [5.74, 6) is 2.60. The molecule has 2 aromatic heterocycles. The molecule has 88 valence electrons. The number of hydrogen-bond acceptors (Lipinski definition) is 4. The van der Waals surface area contributed by atoms with Crippen LogP contribution < -0.4 is 5.32 Å². The minimum Gasteiger partial charge on any atom is -0.339 e. The second kappa shape index (κ2) is 4.87. The van der Waals surface area contributed by atoms with Gasteiger partial charge in [-0.05, 0) is 6.92 Å². The van der Waals surface area contributed by atoms with E-state index < -0.39 is 6.04 Å². The quantitative estimate of drug-likeness (QED) is 0.673. The average Bonchev–Trinajstić information content (AvgIpc) is 2.82. The Morgan fingerprint density at radius 1 is 1.67 bits per heavy atom. The van der Waals surface area contributed by atoms with Gasteiger partial charge in [0.2, 0.25) is 6.41 Å². The first kappa shape index (κ1) is 12.1. The van der Waals surface area contributed by atoms with Gasteiger partial charge in [0.1, 0.15) is 6.04 Å². The van der Waals surface area contributed by atoms with Crippen molar-refractivity contribution in [2.24, 2.45) is 0 Å². The van der Waals surface area contributed by atoms with Gasteiger partial charge in [-0.2, -0.15) is 5.26 Å². The molecule has 1 atom stereocenters. The Hall–Kier alpha value is -2.37. The van der Waals surface area contributed by atoms with Crippen molar-refractivity contribution in [1.82, 2.24) is 10.3 Å². The Morgan fingerprint density at radius 2 is 2.44 bits per heavy atom. The van der Waals surface area contributed by atoms with Crippen LogP contribution in [0, 0.1) is 30.6 Å². The molecule has 2 rings (SSSR count). The monoisotopic (exact) mass is 255 g/mol. The van der Waals surface area contributed by atoms with Crippen molar-refractivity contribution in [2.45, 2.75) is 13.0 Å². The van der Waals surface area contributed by atoms with Crippen LogP contribution in [0.5, 0.6) is 0 Å². The zero-order valence-corrected chi connectivity index (χ0v) is 10.4. The van der Waals surface area contributed by atoms with E-state index in [1.807, 2.05) is 18.4 Å². The van der Waals surface area contributed by atoms with Crippen LogP contribution in [0.4, 0.5) is 0 Å². The SMILES string of the molecule is C#Cc1csc2c(C)ncc(C(C#N)NC=O)c12. The molecule has 5 heteroatoms. The lowest BCUT2D eigenvalue weighted by Gasteiger charge is -2.10. The van der Waals surface area contributed by atoms with E-state index in [0.717, 1.165) is 21.3 Å². The molecule has 1 N–H and O–H groups in total. The molecule has 0 aliphatic carbocycles. The summed E-state index contributed by atoms with van der Waals surface area (Å²) in [6.45, 7) is 1.89. The predicted molar refractivity (Wildman–Crippen MR) is 69.8 cm³/mol. The zero-order valence-electron chi connectivity index (χ0n) is 9.60. The van der Waals surface area contributed by atoms with Crippen LogP contribution in [0.25, 0.3) is 10.1 Å². The third-order valence-electron chi connectivity index (χ3n) is 2.64. The Kier molecular flexibility index (Phi) is 3.27. The van der Waals surface area contributed by atoms with Gasteiger partial charge in [0, 0.05) is 28.1 Å². The van der Waals surface area contributed by atoms with E-state index in [-0.39, 0.29) is 0 Å². The molecule has 2 aromatic rings. The third-order valence-corrected chi connectivity index (χ3v) is 3.72. The number of terminal acetylenes is 1. The Morgan fingerprint density at radius 3 is 3.06 bits per heavy atom. The fraction of sp³-hybridized carbons (Fsp3) is 0.154. The lowest BCUT2D eigenvalue weighted by Crippen LogP contribution is -2.18. The number of hydrogen-bond donors (Lipinski definition) is 1. The van der Waals surface area contributed by atoms with Crippen LogP contribution in [0.1, 0.15) is 22.9 Å². The fourth-order valence-corrected chi connectivity index (χ4v) is 2.78. The largest absolute Gasteiger partial charge is 0.339 e. The van der Waals surface area contributed by atoms with Crippen LogP contribution in [-0.4, -0.2) is 11.4 Å². The lowest BCUT2D eigenvalue weighted by atomic mass is 10.0. The van der Waals surface area contributed by atoms with Crippen LogP contribution in [-0.2, 0) is 4.79 Å². The van der Waals surface area contributed by atoms with Crippen molar-refractivity contribution in [3.63, 3.8) is 0 Å². The average molecular weight is 255 g/mol. The summed E-state index contributed by atoms with van der Waals surface area (Å²) in [4.78, 5) is 14.8.